The zero-order valence-electron chi connectivity index (χ0n) is 13.0. The lowest BCUT2D eigenvalue weighted by atomic mass is 9.92. The highest BCUT2D eigenvalue weighted by molar-refractivity contribution is 5.77. The number of ether oxygens (including phenoxy) is 2. The Morgan fingerprint density at radius 3 is 2.43 bits per heavy atom. The van der Waals surface area contributed by atoms with E-state index in [1.54, 1.807) is 0 Å². The Morgan fingerprint density at radius 2 is 1.86 bits per heavy atom. The predicted molar refractivity (Wildman–Crippen MR) is 82.7 cm³/mol. The van der Waals surface area contributed by atoms with Crippen molar-refractivity contribution in [1.29, 1.82) is 0 Å². The predicted octanol–water partition coefficient (Wildman–Crippen LogP) is 3.90. The van der Waals surface area contributed by atoms with Crippen molar-refractivity contribution in [3.8, 4) is 5.75 Å². The summed E-state index contributed by atoms with van der Waals surface area (Å²) in [7, 11) is 0. The number of carboxylic acid groups (broad SMARTS) is 1. The number of carbonyl (C=O) groups is 1. The van der Waals surface area contributed by atoms with E-state index in [9.17, 15) is 9.90 Å². The fourth-order valence-electron chi connectivity index (χ4n) is 2.33. The van der Waals surface area contributed by atoms with E-state index in [2.05, 4.69) is 6.92 Å². The van der Waals surface area contributed by atoms with Gasteiger partial charge in [0, 0.05) is 13.0 Å². The van der Waals surface area contributed by atoms with Gasteiger partial charge >= 0.3 is 5.97 Å². The molecule has 118 valence electrons. The summed E-state index contributed by atoms with van der Waals surface area (Å²) in [5, 5.41) is 9.57. The van der Waals surface area contributed by atoms with Crippen LogP contribution in [0.3, 0.4) is 0 Å². The first-order valence-electron chi connectivity index (χ1n) is 7.70. The van der Waals surface area contributed by atoms with Crippen LogP contribution in [-0.2, 0) is 9.53 Å². The van der Waals surface area contributed by atoms with Crippen LogP contribution in [0, 0.1) is 0 Å². The Morgan fingerprint density at radius 1 is 1.14 bits per heavy atom. The second-order valence-electron chi connectivity index (χ2n) is 5.10. The van der Waals surface area contributed by atoms with E-state index < -0.39 is 11.6 Å². The van der Waals surface area contributed by atoms with Crippen LogP contribution in [0.2, 0.25) is 0 Å². The lowest BCUT2D eigenvalue weighted by Gasteiger charge is -2.29. The summed E-state index contributed by atoms with van der Waals surface area (Å²) >= 11 is 0. The van der Waals surface area contributed by atoms with Gasteiger partial charge in [-0.3, -0.25) is 0 Å². The lowest BCUT2D eigenvalue weighted by Crippen LogP contribution is -2.43. The van der Waals surface area contributed by atoms with Crippen LogP contribution in [0.1, 0.15) is 46.0 Å². The molecule has 0 aromatic heterocycles. The topological polar surface area (TPSA) is 55.8 Å². The van der Waals surface area contributed by atoms with Crippen LogP contribution in [0.4, 0.5) is 0 Å². The van der Waals surface area contributed by atoms with E-state index in [4.69, 9.17) is 9.47 Å². The summed E-state index contributed by atoms with van der Waals surface area (Å²) in [5.74, 6) is -0.140. The molecule has 1 rings (SSSR count). The van der Waals surface area contributed by atoms with Crippen molar-refractivity contribution >= 4 is 5.97 Å². The molecule has 0 saturated carbocycles. The number of unbranched alkanes of at least 4 members (excludes halogenated alkanes) is 2. The van der Waals surface area contributed by atoms with E-state index in [0.717, 1.165) is 25.0 Å². The Hall–Kier alpha value is -1.55. The summed E-state index contributed by atoms with van der Waals surface area (Å²) < 4.78 is 11.2. The van der Waals surface area contributed by atoms with Crippen molar-refractivity contribution in [3.05, 3.63) is 30.3 Å². The van der Waals surface area contributed by atoms with Gasteiger partial charge in [0.25, 0.3) is 0 Å². The number of hydrogen-bond donors (Lipinski definition) is 1. The first kappa shape index (κ1) is 17.5. The maximum atomic E-state index is 11.7. The molecule has 1 atom stereocenters. The first-order valence-corrected chi connectivity index (χ1v) is 7.70. The Kier molecular flexibility index (Phi) is 7.83. The molecule has 0 bridgehead atoms. The number of para-hydroxylation sites is 1. The van der Waals surface area contributed by atoms with Crippen molar-refractivity contribution in [3.63, 3.8) is 0 Å². The maximum Gasteiger partial charge on any atom is 0.336 e. The first-order chi connectivity index (χ1) is 10.1. The summed E-state index contributed by atoms with van der Waals surface area (Å²) in [4.78, 5) is 11.7. The van der Waals surface area contributed by atoms with Gasteiger partial charge in [0.2, 0.25) is 0 Å². The second-order valence-corrected chi connectivity index (χ2v) is 5.10. The standard InChI is InChI=1S/C17H26O4/c1-3-5-9-12-17(16(18)19,21-4-2)13-14-20-15-10-7-6-8-11-15/h6-8,10-11H,3-5,9,12-14H2,1-2H3,(H,18,19). The number of aliphatic carboxylic acids is 1. The summed E-state index contributed by atoms with van der Waals surface area (Å²) in [6.07, 6.45) is 3.81. The van der Waals surface area contributed by atoms with Gasteiger partial charge in [0.15, 0.2) is 5.60 Å². The third kappa shape index (κ3) is 5.76. The Balaban J connectivity index is 2.60. The van der Waals surface area contributed by atoms with Crippen LogP contribution in [0.25, 0.3) is 0 Å². The quantitative estimate of drug-likeness (QED) is 0.629. The fourth-order valence-corrected chi connectivity index (χ4v) is 2.33. The zero-order chi connectivity index (χ0) is 15.6. The summed E-state index contributed by atoms with van der Waals surface area (Å²) in [5.41, 5.74) is -1.13. The molecule has 1 aromatic carbocycles. The normalized spacial score (nSPS) is 13.6. The third-order valence-corrected chi connectivity index (χ3v) is 3.51. The van der Waals surface area contributed by atoms with Gasteiger partial charge in [-0.1, -0.05) is 38.0 Å². The molecule has 0 aliphatic heterocycles. The zero-order valence-corrected chi connectivity index (χ0v) is 13.0. The highest BCUT2D eigenvalue weighted by atomic mass is 16.5. The minimum absolute atomic E-state index is 0.336. The molecule has 0 aliphatic carbocycles. The van der Waals surface area contributed by atoms with Crippen LogP contribution in [0.15, 0.2) is 30.3 Å². The monoisotopic (exact) mass is 294 g/mol. The molecule has 0 spiro atoms. The number of rotatable bonds is 11. The average Bonchev–Trinajstić information content (AvgIpc) is 2.48. The molecule has 0 aliphatic rings. The van der Waals surface area contributed by atoms with Crippen LogP contribution >= 0.6 is 0 Å². The number of hydrogen-bond acceptors (Lipinski definition) is 3. The SMILES string of the molecule is CCCCCC(CCOc1ccccc1)(OCC)C(=O)O. The molecule has 21 heavy (non-hydrogen) atoms. The molecule has 1 N–H and O–H groups in total. The van der Waals surface area contributed by atoms with Crippen LogP contribution < -0.4 is 4.74 Å². The van der Waals surface area contributed by atoms with Gasteiger partial charge < -0.3 is 14.6 Å². The maximum absolute atomic E-state index is 11.7. The smallest absolute Gasteiger partial charge is 0.336 e. The number of carboxylic acids is 1. The van der Waals surface area contributed by atoms with Crippen molar-refractivity contribution in [1.82, 2.24) is 0 Å². The van der Waals surface area contributed by atoms with Crippen molar-refractivity contribution in [2.75, 3.05) is 13.2 Å². The van der Waals surface area contributed by atoms with Gasteiger partial charge in [0.1, 0.15) is 5.75 Å². The molecule has 0 radical (unpaired) electrons. The molecule has 0 fully saturated rings. The highest BCUT2D eigenvalue weighted by Crippen LogP contribution is 2.25. The molecule has 0 amide bonds. The molecular weight excluding hydrogens is 268 g/mol. The van der Waals surface area contributed by atoms with Gasteiger partial charge in [-0.05, 0) is 31.9 Å². The lowest BCUT2D eigenvalue weighted by molar-refractivity contribution is -0.168. The molecule has 0 heterocycles. The van der Waals surface area contributed by atoms with Crippen molar-refractivity contribution in [2.45, 2.75) is 51.6 Å². The Labute approximate surface area is 127 Å². The second kappa shape index (κ2) is 9.40. The van der Waals surface area contributed by atoms with E-state index >= 15 is 0 Å². The van der Waals surface area contributed by atoms with Crippen molar-refractivity contribution in [2.24, 2.45) is 0 Å². The molecular formula is C17H26O4. The van der Waals surface area contributed by atoms with E-state index in [-0.39, 0.29) is 0 Å². The highest BCUT2D eigenvalue weighted by Gasteiger charge is 2.38. The Bertz CT molecular complexity index is 405. The fraction of sp³-hybridized carbons (Fsp3) is 0.588. The third-order valence-electron chi connectivity index (χ3n) is 3.51. The minimum Gasteiger partial charge on any atom is -0.493 e. The van der Waals surface area contributed by atoms with Crippen molar-refractivity contribution < 1.29 is 19.4 Å². The van der Waals surface area contributed by atoms with Gasteiger partial charge in [-0.25, -0.2) is 4.79 Å². The largest absolute Gasteiger partial charge is 0.493 e. The molecule has 1 unspecified atom stereocenters. The van der Waals surface area contributed by atoms with Gasteiger partial charge in [-0.15, -0.1) is 0 Å². The van der Waals surface area contributed by atoms with Gasteiger partial charge in [-0.2, -0.15) is 0 Å². The molecule has 4 heteroatoms. The number of benzene rings is 1. The van der Waals surface area contributed by atoms with Crippen LogP contribution in [0.5, 0.6) is 5.75 Å². The molecule has 1 aromatic rings. The van der Waals surface area contributed by atoms with E-state index in [1.165, 1.54) is 0 Å². The average molecular weight is 294 g/mol. The summed E-state index contributed by atoms with van der Waals surface area (Å²) in [6, 6.07) is 9.42. The van der Waals surface area contributed by atoms with E-state index in [0.29, 0.717) is 26.1 Å². The van der Waals surface area contributed by atoms with Gasteiger partial charge in [0.05, 0.1) is 6.61 Å². The van der Waals surface area contributed by atoms with Crippen LogP contribution in [-0.4, -0.2) is 29.9 Å². The van der Waals surface area contributed by atoms with E-state index in [1.807, 2.05) is 37.3 Å². The minimum atomic E-state index is -1.13. The molecule has 0 saturated heterocycles. The summed E-state index contributed by atoms with van der Waals surface area (Å²) in [6.45, 7) is 4.66. The molecule has 4 nitrogen and oxygen atoms in total.